The molecule has 4 heteroatoms. The molecule has 1 aromatic carbocycles. The molecule has 0 saturated carbocycles. The molecule has 0 aromatic heterocycles. The fourth-order valence-corrected chi connectivity index (χ4v) is 6.59. The van der Waals surface area contributed by atoms with E-state index in [0.29, 0.717) is 11.9 Å². The highest BCUT2D eigenvalue weighted by Gasteiger charge is 2.35. The maximum absolute atomic E-state index is 12.2. The lowest BCUT2D eigenvalue weighted by Crippen LogP contribution is -2.13. The molecule has 0 radical (unpaired) electrons. The molecule has 19 heavy (non-hydrogen) atoms. The van der Waals surface area contributed by atoms with Gasteiger partial charge in [0.25, 0.3) is 0 Å². The largest absolute Gasteiger partial charge is 0.462 e. The van der Waals surface area contributed by atoms with Gasteiger partial charge in [-0.15, -0.1) is 0 Å². The van der Waals surface area contributed by atoms with Crippen molar-refractivity contribution in [3.63, 3.8) is 0 Å². The van der Waals surface area contributed by atoms with Crippen molar-refractivity contribution in [1.82, 2.24) is 0 Å². The Labute approximate surface area is 119 Å². The summed E-state index contributed by atoms with van der Waals surface area (Å²) in [5.74, 6) is 1.82. The van der Waals surface area contributed by atoms with Gasteiger partial charge in [0.15, 0.2) is 0 Å². The molecular formula is C15H17O2PS. The smallest absolute Gasteiger partial charge is 0.340 e. The summed E-state index contributed by atoms with van der Waals surface area (Å²) in [6.45, 7) is 6.15. The van der Waals surface area contributed by atoms with Gasteiger partial charge in [0.2, 0.25) is 0 Å². The number of carbonyl (C=O) groups is 1. The van der Waals surface area contributed by atoms with E-state index in [4.69, 9.17) is 16.5 Å². The molecular weight excluding hydrogens is 275 g/mol. The molecule has 1 aliphatic heterocycles. The molecule has 0 N–H and O–H groups in total. The van der Waals surface area contributed by atoms with Gasteiger partial charge >= 0.3 is 5.97 Å². The summed E-state index contributed by atoms with van der Waals surface area (Å²) in [4.78, 5) is 12.2. The Kier molecular flexibility index (Phi) is 4.07. The molecule has 0 aliphatic carbocycles. The lowest BCUT2D eigenvalue weighted by Gasteiger charge is -2.18. The molecule has 0 fully saturated rings. The lowest BCUT2D eigenvalue weighted by molar-refractivity contribution is -0.137. The molecule has 0 bridgehead atoms. The zero-order valence-corrected chi connectivity index (χ0v) is 13.1. The third-order valence-electron chi connectivity index (χ3n) is 3.26. The molecule has 1 atom stereocenters. The Hall–Kier alpha value is -1.18. The Morgan fingerprint density at radius 2 is 1.89 bits per heavy atom. The standard InChI is InChI=1S/C15H17O2PS/c1-4-17-15(16)14-12(3)11(2)10-18(14,19)13-8-6-5-7-9-13/h5-10H,4H2,1-3H3. The fourth-order valence-electron chi connectivity index (χ4n) is 2.21. The highest BCUT2D eigenvalue weighted by atomic mass is 32.4. The number of hydrogen-bond donors (Lipinski definition) is 0. The van der Waals surface area contributed by atoms with E-state index >= 15 is 0 Å². The lowest BCUT2D eigenvalue weighted by atomic mass is 10.1. The van der Waals surface area contributed by atoms with Gasteiger partial charge in [-0.1, -0.05) is 42.1 Å². The fraction of sp³-hybridized carbons (Fsp3) is 0.267. The van der Waals surface area contributed by atoms with Gasteiger partial charge in [0, 0.05) is 6.04 Å². The number of allylic oxidation sites excluding steroid dienone is 2. The van der Waals surface area contributed by atoms with E-state index in [1.54, 1.807) is 0 Å². The van der Waals surface area contributed by atoms with Gasteiger partial charge < -0.3 is 4.74 Å². The van der Waals surface area contributed by atoms with Crippen LogP contribution >= 0.6 is 6.04 Å². The second-order valence-electron chi connectivity index (χ2n) is 4.50. The Morgan fingerprint density at radius 1 is 1.26 bits per heavy atom. The van der Waals surface area contributed by atoms with Crippen LogP contribution in [0.1, 0.15) is 20.8 Å². The first-order chi connectivity index (χ1) is 9.00. The van der Waals surface area contributed by atoms with Crippen LogP contribution in [0, 0.1) is 0 Å². The van der Waals surface area contributed by atoms with Crippen molar-refractivity contribution >= 4 is 29.1 Å². The van der Waals surface area contributed by atoms with Crippen LogP contribution in [0.5, 0.6) is 0 Å². The van der Waals surface area contributed by atoms with Crippen LogP contribution in [0.2, 0.25) is 0 Å². The number of carbonyl (C=O) groups excluding carboxylic acids is 1. The maximum atomic E-state index is 12.2. The Bertz CT molecular complexity index is 614. The van der Waals surface area contributed by atoms with Crippen LogP contribution in [-0.2, 0) is 21.3 Å². The Morgan fingerprint density at radius 3 is 2.47 bits per heavy atom. The summed E-state index contributed by atoms with van der Waals surface area (Å²) in [6.07, 6.45) is 0. The normalized spacial score (nSPS) is 22.4. The predicted octanol–water partition coefficient (Wildman–Crippen LogP) is 3.55. The summed E-state index contributed by atoms with van der Waals surface area (Å²) in [5.41, 5.74) is 2.07. The van der Waals surface area contributed by atoms with E-state index in [9.17, 15) is 4.79 Å². The molecule has 0 spiro atoms. The monoisotopic (exact) mass is 292 g/mol. The van der Waals surface area contributed by atoms with E-state index in [-0.39, 0.29) is 5.97 Å². The van der Waals surface area contributed by atoms with Crippen molar-refractivity contribution in [2.45, 2.75) is 20.8 Å². The second-order valence-corrected chi connectivity index (χ2v) is 8.77. The molecule has 2 rings (SSSR count). The topological polar surface area (TPSA) is 26.3 Å². The molecule has 100 valence electrons. The van der Waals surface area contributed by atoms with Gasteiger partial charge in [-0.3, -0.25) is 0 Å². The molecule has 1 heterocycles. The number of benzene rings is 1. The van der Waals surface area contributed by atoms with Crippen LogP contribution in [-0.4, -0.2) is 12.6 Å². The van der Waals surface area contributed by atoms with Crippen molar-refractivity contribution in [3.8, 4) is 0 Å². The first-order valence-electron chi connectivity index (χ1n) is 6.24. The number of rotatable bonds is 3. The van der Waals surface area contributed by atoms with Crippen molar-refractivity contribution in [1.29, 1.82) is 0 Å². The average molecular weight is 292 g/mol. The van der Waals surface area contributed by atoms with Gasteiger partial charge in [-0.2, -0.15) is 0 Å². The van der Waals surface area contributed by atoms with Crippen molar-refractivity contribution in [2.24, 2.45) is 0 Å². The maximum Gasteiger partial charge on any atom is 0.340 e. The number of esters is 1. The molecule has 1 aliphatic rings. The van der Waals surface area contributed by atoms with Crippen molar-refractivity contribution in [2.75, 3.05) is 6.61 Å². The summed E-state index contributed by atoms with van der Waals surface area (Å²) in [7, 11) is 0. The SMILES string of the molecule is CCOC(=O)C1=C(C)C(C)=CP1(=S)c1ccccc1. The molecule has 1 aromatic rings. The number of ether oxygens (including phenoxy) is 1. The first kappa shape index (κ1) is 14.2. The minimum absolute atomic E-state index is 0.264. The molecule has 2 nitrogen and oxygen atoms in total. The predicted molar refractivity (Wildman–Crippen MR) is 83.5 cm³/mol. The van der Waals surface area contributed by atoms with Crippen LogP contribution < -0.4 is 5.30 Å². The van der Waals surface area contributed by atoms with E-state index in [1.807, 2.05) is 51.1 Å². The van der Waals surface area contributed by atoms with Gasteiger partial charge in [-0.05, 0) is 43.0 Å². The highest BCUT2D eigenvalue weighted by molar-refractivity contribution is 8.22. The number of hydrogen-bond acceptors (Lipinski definition) is 3. The van der Waals surface area contributed by atoms with Crippen LogP contribution in [0.15, 0.2) is 52.6 Å². The highest BCUT2D eigenvalue weighted by Crippen LogP contribution is 2.61. The molecule has 0 amide bonds. The summed E-state index contributed by atoms with van der Waals surface area (Å²) in [5, 5.41) is 1.73. The average Bonchev–Trinajstić information content (AvgIpc) is 2.62. The molecule has 1 unspecified atom stereocenters. The van der Waals surface area contributed by atoms with Crippen LogP contribution in [0.3, 0.4) is 0 Å². The third kappa shape index (κ3) is 2.45. The second kappa shape index (κ2) is 5.44. The van der Waals surface area contributed by atoms with E-state index < -0.39 is 6.04 Å². The zero-order valence-electron chi connectivity index (χ0n) is 11.3. The minimum atomic E-state index is -2.15. The minimum Gasteiger partial charge on any atom is -0.462 e. The van der Waals surface area contributed by atoms with E-state index in [0.717, 1.165) is 16.5 Å². The van der Waals surface area contributed by atoms with Crippen LogP contribution in [0.4, 0.5) is 0 Å². The Balaban J connectivity index is 2.57. The van der Waals surface area contributed by atoms with Gasteiger partial charge in [0.1, 0.15) is 0 Å². The van der Waals surface area contributed by atoms with Gasteiger partial charge in [0.05, 0.1) is 11.9 Å². The summed E-state index contributed by atoms with van der Waals surface area (Å²) in [6, 6.07) is 7.73. The van der Waals surface area contributed by atoms with Crippen molar-refractivity contribution in [3.05, 3.63) is 52.6 Å². The zero-order chi connectivity index (χ0) is 14.0. The van der Waals surface area contributed by atoms with Crippen LogP contribution in [0.25, 0.3) is 0 Å². The van der Waals surface area contributed by atoms with Gasteiger partial charge in [-0.25, -0.2) is 4.79 Å². The van der Waals surface area contributed by atoms with E-state index in [2.05, 4.69) is 5.82 Å². The van der Waals surface area contributed by atoms with Crippen molar-refractivity contribution < 1.29 is 9.53 Å². The summed E-state index contributed by atoms with van der Waals surface area (Å²) >= 11 is 5.88. The third-order valence-corrected chi connectivity index (χ3v) is 7.76. The molecule has 0 saturated heterocycles. The quantitative estimate of drug-likeness (QED) is 0.629. The first-order valence-corrected chi connectivity index (χ1v) is 9.11. The van der Waals surface area contributed by atoms with E-state index in [1.165, 1.54) is 0 Å². The summed E-state index contributed by atoms with van der Waals surface area (Å²) < 4.78 is 5.19.